The molecule has 2 atom stereocenters. The van der Waals surface area contributed by atoms with Crippen LogP contribution in [0.25, 0.3) is 0 Å². The molecule has 1 saturated heterocycles. The molecule has 1 aliphatic rings. The maximum atomic E-state index is 13.5. The van der Waals surface area contributed by atoms with Gasteiger partial charge in [0.25, 0.3) is 0 Å². The van der Waals surface area contributed by atoms with E-state index in [1.165, 1.54) is 19.1 Å². The largest absolute Gasteiger partial charge is 0.308 e. The molecule has 5 nitrogen and oxygen atoms in total. The lowest BCUT2D eigenvalue weighted by molar-refractivity contribution is 0.525. The minimum Gasteiger partial charge on any atom is -0.308 e. The summed E-state index contributed by atoms with van der Waals surface area (Å²) in [6, 6.07) is 10.5. The van der Waals surface area contributed by atoms with Crippen molar-refractivity contribution in [1.29, 1.82) is 0 Å². The standard InChI is InChI=1S/C19H22FNO4S2/c1-13-5-3-4-6-15(13)10-21-18-11-26(22,23)12-19(18)27(24,25)16-7-8-17(20)14(2)9-16/h3-9,18-19,21H,10-12H2,1-2H3/t18-,19-/m0/s1. The van der Waals surface area contributed by atoms with E-state index in [0.29, 0.717) is 6.54 Å². The third kappa shape index (κ3) is 4.23. The number of hydrogen-bond acceptors (Lipinski definition) is 5. The molecule has 1 heterocycles. The van der Waals surface area contributed by atoms with Gasteiger partial charge in [0.1, 0.15) is 5.82 Å². The van der Waals surface area contributed by atoms with Crippen LogP contribution in [-0.2, 0) is 26.2 Å². The van der Waals surface area contributed by atoms with Crippen LogP contribution in [0.4, 0.5) is 4.39 Å². The molecule has 2 aromatic carbocycles. The third-order valence-electron chi connectivity index (χ3n) is 4.97. The Hall–Kier alpha value is -1.77. The Morgan fingerprint density at radius 3 is 2.44 bits per heavy atom. The molecule has 0 aliphatic carbocycles. The van der Waals surface area contributed by atoms with E-state index in [9.17, 15) is 21.2 Å². The fourth-order valence-electron chi connectivity index (χ4n) is 3.33. The zero-order valence-electron chi connectivity index (χ0n) is 15.1. The lowest BCUT2D eigenvalue weighted by atomic mass is 10.1. The van der Waals surface area contributed by atoms with Gasteiger partial charge in [-0.1, -0.05) is 24.3 Å². The first-order valence-electron chi connectivity index (χ1n) is 8.58. The van der Waals surface area contributed by atoms with Gasteiger partial charge in [-0.3, -0.25) is 0 Å². The molecule has 3 rings (SSSR count). The number of benzene rings is 2. The molecule has 1 fully saturated rings. The van der Waals surface area contributed by atoms with Crippen molar-refractivity contribution in [3.8, 4) is 0 Å². The molecule has 146 valence electrons. The normalized spacial score (nSPS) is 22.0. The van der Waals surface area contributed by atoms with E-state index in [1.807, 2.05) is 31.2 Å². The molecule has 1 N–H and O–H groups in total. The van der Waals surface area contributed by atoms with Crippen molar-refractivity contribution in [2.75, 3.05) is 11.5 Å². The Morgan fingerprint density at radius 1 is 1.07 bits per heavy atom. The van der Waals surface area contributed by atoms with Gasteiger partial charge in [-0.2, -0.15) is 0 Å². The first kappa shape index (κ1) is 20.0. The summed E-state index contributed by atoms with van der Waals surface area (Å²) in [4.78, 5) is -0.0498. The van der Waals surface area contributed by atoms with Gasteiger partial charge >= 0.3 is 0 Å². The molecular formula is C19H22FNO4S2. The van der Waals surface area contributed by atoms with Gasteiger partial charge in [-0.25, -0.2) is 21.2 Å². The minimum atomic E-state index is -3.92. The second-order valence-corrected chi connectivity index (χ2v) is 11.3. The minimum absolute atomic E-state index is 0.0498. The van der Waals surface area contributed by atoms with E-state index in [-0.39, 0.29) is 16.2 Å². The average molecular weight is 412 g/mol. The first-order valence-corrected chi connectivity index (χ1v) is 12.0. The van der Waals surface area contributed by atoms with Gasteiger partial charge in [-0.15, -0.1) is 0 Å². The van der Waals surface area contributed by atoms with Crippen LogP contribution < -0.4 is 5.32 Å². The Morgan fingerprint density at radius 2 is 1.78 bits per heavy atom. The molecule has 0 unspecified atom stereocenters. The number of halogens is 1. The lowest BCUT2D eigenvalue weighted by Gasteiger charge is -2.21. The van der Waals surface area contributed by atoms with Crippen molar-refractivity contribution in [2.24, 2.45) is 0 Å². The highest BCUT2D eigenvalue weighted by atomic mass is 32.2. The third-order valence-corrected chi connectivity index (χ3v) is 9.12. The van der Waals surface area contributed by atoms with Gasteiger partial charge in [0, 0.05) is 12.6 Å². The SMILES string of the molecule is Cc1cc(S(=O)(=O)[C@H]2CS(=O)(=O)C[C@@H]2NCc2ccccc2C)ccc1F. The van der Waals surface area contributed by atoms with Crippen molar-refractivity contribution in [3.05, 3.63) is 65.0 Å². The van der Waals surface area contributed by atoms with E-state index in [4.69, 9.17) is 0 Å². The molecule has 27 heavy (non-hydrogen) atoms. The van der Waals surface area contributed by atoms with Crippen LogP contribution in [0.5, 0.6) is 0 Å². The van der Waals surface area contributed by atoms with Crippen molar-refractivity contribution in [1.82, 2.24) is 5.32 Å². The van der Waals surface area contributed by atoms with E-state index in [1.54, 1.807) is 0 Å². The second-order valence-electron chi connectivity index (χ2n) is 6.99. The van der Waals surface area contributed by atoms with E-state index < -0.39 is 42.5 Å². The Balaban J connectivity index is 1.89. The fraction of sp³-hybridized carbons (Fsp3) is 0.368. The van der Waals surface area contributed by atoms with Crippen molar-refractivity contribution in [2.45, 2.75) is 36.6 Å². The summed E-state index contributed by atoms with van der Waals surface area (Å²) in [7, 11) is -7.41. The van der Waals surface area contributed by atoms with Crippen LogP contribution in [0.2, 0.25) is 0 Å². The molecule has 0 spiro atoms. The van der Waals surface area contributed by atoms with Gasteiger partial charge in [0.05, 0.1) is 21.7 Å². The van der Waals surface area contributed by atoms with E-state index in [2.05, 4.69) is 5.32 Å². The summed E-state index contributed by atoms with van der Waals surface area (Å²) in [6.07, 6.45) is 0. The second kappa shape index (κ2) is 7.33. The maximum absolute atomic E-state index is 13.5. The highest BCUT2D eigenvalue weighted by Crippen LogP contribution is 2.27. The van der Waals surface area contributed by atoms with Crippen LogP contribution >= 0.6 is 0 Å². The summed E-state index contributed by atoms with van der Waals surface area (Å²) in [5, 5.41) is 2.01. The first-order chi connectivity index (χ1) is 12.6. The van der Waals surface area contributed by atoms with E-state index >= 15 is 0 Å². The lowest BCUT2D eigenvalue weighted by Crippen LogP contribution is -2.43. The van der Waals surface area contributed by atoms with Crippen LogP contribution in [0.1, 0.15) is 16.7 Å². The summed E-state index contributed by atoms with van der Waals surface area (Å²) < 4.78 is 63.9. The van der Waals surface area contributed by atoms with Crippen molar-refractivity contribution < 1.29 is 21.2 Å². The highest BCUT2D eigenvalue weighted by molar-refractivity contribution is 7.96. The monoisotopic (exact) mass is 411 g/mol. The molecular weight excluding hydrogens is 389 g/mol. The summed E-state index contributed by atoms with van der Waals surface area (Å²) in [6.45, 7) is 3.80. The van der Waals surface area contributed by atoms with Crippen LogP contribution in [0.3, 0.4) is 0 Å². The van der Waals surface area contributed by atoms with Crippen molar-refractivity contribution >= 4 is 19.7 Å². The van der Waals surface area contributed by atoms with Crippen LogP contribution in [-0.4, -0.2) is 39.6 Å². The predicted molar refractivity (Wildman–Crippen MR) is 103 cm³/mol. The van der Waals surface area contributed by atoms with Gasteiger partial charge in [0.2, 0.25) is 0 Å². The van der Waals surface area contributed by atoms with Crippen molar-refractivity contribution in [3.63, 3.8) is 0 Å². The highest BCUT2D eigenvalue weighted by Gasteiger charge is 2.45. The summed E-state index contributed by atoms with van der Waals surface area (Å²) in [5.74, 6) is -1.16. The molecule has 1 aliphatic heterocycles. The molecule has 0 radical (unpaired) electrons. The quantitative estimate of drug-likeness (QED) is 0.763. The zero-order valence-corrected chi connectivity index (χ0v) is 16.8. The van der Waals surface area contributed by atoms with Crippen LogP contribution in [0.15, 0.2) is 47.4 Å². The summed E-state index contributed by atoms with van der Waals surface area (Å²) >= 11 is 0. The van der Waals surface area contributed by atoms with Gasteiger partial charge in [-0.05, 0) is 48.7 Å². The van der Waals surface area contributed by atoms with Gasteiger partial charge < -0.3 is 5.32 Å². The Kier molecular flexibility index (Phi) is 5.42. The molecule has 0 amide bonds. The zero-order chi connectivity index (χ0) is 19.8. The molecule has 8 heteroatoms. The Bertz CT molecular complexity index is 1060. The Labute approximate surface area is 159 Å². The fourth-order valence-corrected chi connectivity index (χ4v) is 8.13. The average Bonchev–Trinajstić information content (AvgIpc) is 2.92. The predicted octanol–water partition coefficient (Wildman–Crippen LogP) is 2.17. The number of aryl methyl sites for hydroxylation is 2. The molecule has 0 bridgehead atoms. The maximum Gasteiger partial charge on any atom is 0.183 e. The number of sulfone groups is 2. The number of hydrogen-bond donors (Lipinski definition) is 1. The van der Waals surface area contributed by atoms with Crippen LogP contribution in [0, 0.1) is 19.7 Å². The summed E-state index contributed by atoms with van der Waals surface area (Å²) in [5.41, 5.74) is 2.23. The smallest absolute Gasteiger partial charge is 0.183 e. The number of rotatable bonds is 5. The molecule has 0 aromatic heterocycles. The topological polar surface area (TPSA) is 80.3 Å². The van der Waals surface area contributed by atoms with Gasteiger partial charge in [0.15, 0.2) is 19.7 Å². The molecule has 2 aromatic rings. The number of nitrogens with one attached hydrogen (secondary N) is 1. The van der Waals surface area contributed by atoms with E-state index in [0.717, 1.165) is 17.2 Å². The molecule has 0 saturated carbocycles.